The molecule has 7 nitrogen and oxygen atoms in total. The average Bonchev–Trinajstić information content (AvgIpc) is 2.71. The average molecular weight is 411 g/mol. The molecule has 7 heteroatoms. The van der Waals surface area contributed by atoms with Crippen LogP contribution in [0.1, 0.15) is 30.5 Å². The minimum absolute atomic E-state index is 0.293. The Hall–Kier alpha value is -3.06. The molecule has 2 N–H and O–H groups in total. The highest BCUT2D eigenvalue weighted by atomic mass is 16.5. The van der Waals surface area contributed by atoms with Crippen molar-refractivity contribution in [2.75, 3.05) is 26.2 Å². The van der Waals surface area contributed by atoms with Gasteiger partial charge in [0.2, 0.25) is 5.95 Å². The standard InChI is InChI=1S/C23H30N4O3/c1-14(2)24-12-16-8-7-9-17(10-16)13-27(4)23-25-18-11-19(29-5)21(30-6)15(3)20(18)22(28)26-23/h7-11,14,24H,12-13H2,1-6H3,(H,25,26,28). The third kappa shape index (κ3) is 4.57. The SMILES string of the molecule is COc1cc2[nH]c(N(C)Cc3cccc(CNC(C)C)c3)nc(=O)c2c(C)c1OC. The van der Waals surface area contributed by atoms with Crippen LogP contribution < -0.4 is 25.2 Å². The van der Waals surface area contributed by atoms with Crippen LogP contribution in [0.15, 0.2) is 35.1 Å². The first kappa shape index (κ1) is 21.6. The van der Waals surface area contributed by atoms with E-state index in [1.165, 1.54) is 5.56 Å². The minimum Gasteiger partial charge on any atom is -0.493 e. The zero-order chi connectivity index (χ0) is 21.8. The fourth-order valence-corrected chi connectivity index (χ4v) is 3.54. The Morgan fingerprint density at radius 2 is 1.90 bits per heavy atom. The summed E-state index contributed by atoms with van der Waals surface area (Å²) in [6.45, 7) is 7.54. The number of hydrogen-bond donors (Lipinski definition) is 2. The van der Waals surface area contributed by atoms with E-state index in [4.69, 9.17) is 9.47 Å². The number of benzene rings is 2. The first-order chi connectivity index (χ1) is 14.3. The molecule has 0 saturated carbocycles. The Morgan fingerprint density at radius 1 is 1.17 bits per heavy atom. The van der Waals surface area contributed by atoms with Crippen LogP contribution in [0.2, 0.25) is 0 Å². The van der Waals surface area contributed by atoms with Crippen LogP contribution in [0.5, 0.6) is 11.5 Å². The predicted molar refractivity (Wildman–Crippen MR) is 121 cm³/mol. The number of aromatic amines is 1. The maximum absolute atomic E-state index is 12.8. The summed E-state index contributed by atoms with van der Waals surface area (Å²) >= 11 is 0. The van der Waals surface area contributed by atoms with E-state index in [1.807, 2.05) is 18.9 Å². The molecule has 0 fully saturated rings. The Morgan fingerprint density at radius 3 is 2.57 bits per heavy atom. The van der Waals surface area contributed by atoms with Gasteiger partial charge < -0.3 is 24.7 Å². The molecule has 0 saturated heterocycles. The van der Waals surface area contributed by atoms with Gasteiger partial charge in [-0.05, 0) is 18.1 Å². The Labute approximate surface area is 177 Å². The van der Waals surface area contributed by atoms with E-state index < -0.39 is 0 Å². The van der Waals surface area contributed by atoms with Crippen molar-refractivity contribution in [2.24, 2.45) is 0 Å². The van der Waals surface area contributed by atoms with Crippen molar-refractivity contribution in [3.63, 3.8) is 0 Å². The number of aromatic nitrogens is 2. The number of nitrogens with zero attached hydrogens (tertiary/aromatic N) is 2. The molecule has 0 bridgehead atoms. The third-order valence-electron chi connectivity index (χ3n) is 5.06. The van der Waals surface area contributed by atoms with E-state index in [1.54, 1.807) is 20.3 Å². The number of aryl methyl sites for hydroxylation is 1. The summed E-state index contributed by atoms with van der Waals surface area (Å²) in [4.78, 5) is 22.3. The van der Waals surface area contributed by atoms with Crippen LogP contribution >= 0.6 is 0 Å². The molecule has 0 atom stereocenters. The molecule has 160 valence electrons. The molecule has 1 heterocycles. The maximum Gasteiger partial charge on any atom is 0.282 e. The second kappa shape index (κ2) is 9.17. The van der Waals surface area contributed by atoms with Crippen molar-refractivity contribution >= 4 is 16.9 Å². The molecular formula is C23H30N4O3. The number of fused-ring (bicyclic) bond motifs is 1. The quantitative estimate of drug-likeness (QED) is 0.593. The third-order valence-corrected chi connectivity index (χ3v) is 5.06. The van der Waals surface area contributed by atoms with E-state index in [-0.39, 0.29) is 5.56 Å². The zero-order valence-electron chi connectivity index (χ0n) is 18.5. The van der Waals surface area contributed by atoms with Gasteiger partial charge in [-0.15, -0.1) is 0 Å². The second-order valence-electron chi connectivity index (χ2n) is 7.74. The van der Waals surface area contributed by atoms with Crippen molar-refractivity contribution in [3.8, 4) is 11.5 Å². The van der Waals surface area contributed by atoms with E-state index >= 15 is 0 Å². The minimum atomic E-state index is -0.293. The summed E-state index contributed by atoms with van der Waals surface area (Å²) in [5, 5.41) is 3.94. The van der Waals surface area contributed by atoms with Gasteiger partial charge in [-0.1, -0.05) is 38.1 Å². The predicted octanol–water partition coefficient (Wildman–Crippen LogP) is 3.38. The van der Waals surface area contributed by atoms with Crippen LogP contribution in [0.25, 0.3) is 10.9 Å². The lowest BCUT2D eigenvalue weighted by Crippen LogP contribution is -2.24. The first-order valence-corrected chi connectivity index (χ1v) is 10.0. The zero-order valence-corrected chi connectivity index (χ0v) is 18.5. The number of rotatable bonds is 8. The molecule has 1 aromatic heterocycles. The Kier molecular flexibility index (Phi) is 6.62. The molecular weight excluding hydrogens is 380 g/mol. The summed E-state index contributed by atoms with van der Waals surface area (Å²) in [5.41, 5.74) is 3.45. The lowest BCUT2D eigenvalue weighted by Gasteiger charge is -2.20. The van der Waals surface area contributed by atoms with Crippen LogP contribution in [-0.4, -0.2) is 37.3 Å². The fourth-order valence-electron chi connectivity index (χ4n) is 3.54. The molecule has 0 radical (unpaired) electrons. The smallest absolute Gasteiger partial charge is 0.282 e. The second-order valence-corrected chi connectivity index (χ2v) is 7.74. The van der Waals surface area contributed by atoms with Crippen LogP contribution in [-0.2, 0) is 13.1 Å². The molecule has 0 aliphatic rings. The summed E-state index contributed by atoms with van der Waals surface area (Å²) in [6, 6.07) is 10.6. The highest BCUT2D eigenvalue weighted by molar-refractivity contribution is 5.86. The van der Waals surface area contributed by atoms with Crippen LogP contribution in [0.4, 0.5) is 5.95 Å². The van der Waals surface area contributed by atoms with Gasteiger partial charge in [-0.2, -0.15) is 4.98 Å². The molecule has 30 heavy (non-hydrogen) atoms. The highest BCUT2D eigenvalue weighted by Crippen LogP contribution is 2.35. The Balaban J connectivity index is 1.91. The van der Waals surface area contributed by atoms with Gasteiger partial charge in [-0.25, -0.2) is 0 Å². The number of anilines is 1. The number of nitrogens with one attached hydrogen (secondary N) is 2. The normalized spacial score (nSPS) is 11.2. The highest BCUT2D eigenvalue weighted by Gasteiger charge is 2.17. The van der Waals surface area contributed by atoms with Crippen LogP contribution in [0.3, 0.4) is 0 Å². The van der Waals surface area contributed by atoms with Gasteiger partial charge in [0.25, 0.3) is 5.56 Å². The van der Waals surface area contributed by atoms with Crippen molar-refractivity contribution in [3.05, 3.63) is 57.4 Å². The summed E-state index contributed by atoms with van der Waals surface area (Å²) < 4.78 is 10.8. The van der Waals surface area contributed by atoms with E-state index in [0.717, 1.165) is 12.1 Å². The topological polar surface area (TPSA) is 79.5 Å². The van der Waals surface area contributed by atoms with Crippen molar-refractivity contribution in [1.82, 2.24) is 15.3 Å². The molecule has 0 unspecified atom stereocenters. The number of methoxy groups -OCH3 is 2. The lowest BCUT2D eigenvalue weighted by atomic mass is 10.1. The number of ether oxygens (including phenoxy) is 2. The van der Waals surface area contributed by atoms with Gasteiger partial charge in [0.05, 0.1) is 25.1 Å². The molecule has 3 rings (SSSR count). The molecule has 0 aliphatic carbocycles. The number of hydrogen-bond acceptors (Lipinski definition) is 6. The molecule has 0 spiro atoms. The van der Waals surface area contributed by atoms with Crippen molar-refractivity contribution in [2.45, 2.75) is 39.9 Å². The van der Waals surface area contributed by atoms with Gasteiger partial charge in [0.15, 0.2) is 11.5 Å². The van der Waals surface area contributed by atoms with Gasteiger partial charge in [-0.3, -0.25) is 4.79 Å². The van der Waals surface area contributed by atoms with Crippen LogP contribution in [0, 0.1) is 6.92 Å². The van der Waals surface area contributed by atoms with E-state index in [9.17, 15) is 4.79 Å². The monoisotopic (exact) mass is 410 g/mol. The van der Waals surface area contributed by atoms with E-state index in [0.29, 0.717) is 46.5 Å². The summed E-state index contributed by atoms with van der Waals surface area (Å²) in [7, 11) is 5.05. The first-order valence-electron chi connectivity index (χ1n) is 10.0. The van der Waals surface area contributed by atoms with Crippen molar-refractivity contribution in [1.29, 1.82) is 0 Å². The lowest BCUT2D eigenvalue weighted by molar-refractivity contribution is 0.354. The molecule has 0 amide bonds. The van der Waals surface area contributed by atoms with Gasteiger partial charge in [0.1, 0.15) is 0 Å². The summed E-state index contributed by atoms with van der Waals surface area (Å²) in [6.07, 6.45) is 0. The summed E-state index contributed by atoms with van der Waals surface area (Å²) in [5.74, 6) is 1.62. The maximum atomic E-state index is 12.8. The fraction of sp³-hybridized carbons (Fsp3) is 0.391. The van der Waals surface area contributed by atoms with E-state index in [2.05, 4.69) is 53.4 Å². The largest absolute Gasteiger partial charge is 0.493 e. The van der Waals surface area contributed by atoms with Crippen molar-refractivity contribution < 1.29 is 9.47 Å². The molecule has 0 aliphatic heterocycles. The Bertz CT molecular complexity index is 1090. The number of H-pyrrole nitrogens is 1. The van der Waals surface area contributed by atoms with Gasteiger partial charge >= 0.3 is 0 Å². The molecule has 2 aromatic carbocycles. The molecule has 3 aromatic rings. The van der Waals surface area contributed by atoms with Gasteiger partial charge in [0, 0.05) is 37.8 Å².